The number of carboxylic acids is 1. The van der Waals surface area contributed by atoms with Crippen molar-refractivity contribution in [2.45, 2.75) is 19.1 Å². The number of carboxylic acid groups (broad SMARTS) is 1. The molecule has 1 rings (SSSR count). The van der Waals surface area contributed by atoms with Gasteiger partial charge in [-0.05, 0) is 6.92 Å². The molecule has 4 nitrogen and oxygen atoms in total. The number of halogens is 3. The Hall–Kier alpha value is -0.820. The van der Waals surface area contributed by atoms with Crippen LogP contribution in [0, 0.1) is 0 Å². The van der Waals surface area contributed by atoms with E-state index in [9.17, 15) is 18.0 Å². The van der Waals surface area contributed by atoms with Gasteiger partial charge in [0.15, 0.2) is 0 Å². The molecule has 0 aromatic rings. The lowest BCUT2D eigenvalue weighted by molar-refractivity contribution is -0.153. The van der Waals surface area contributed by atoms with Crippen LogP contribution in [0.2, 0.25) is 0 Å². The summed E-state index contributed by atoms with van der Waals surface area (Å²) < 4.78 is 36.2. The Kier molecular flexibility index (Phi) is 4.15. The first-order valence-electron chi connectivity index (χ1n) is 5.05. The molecule has 1 fully saturated rings. The van der Waals surface area contributed by atoms with Gasteiger partial charge in [-0.2, -0.15) is 13.2 Å². The molecule has 94 valence electrons. The van der Waals surface area contributed by atoms with Crippen LogP contribution in [0.1, 0.15) is 6.92 Å². The molecule has 1 atom stereocenters. The topological polar surface area (TPSA) is 43.8 Å². The van der Waals surface area contributed by atoms with Gasteiger partial charge in [0, 0.05) is 26.2 Å². The van der Waals surface area contributed by atoms with Crippen LogP contribution in [0.25, 0.3) is 0 Å². The Labute approximate surface area is 91.6 Å². The van der Waals surface area contributed by atoms with Gasteiger partial charge in [-0.25, -0.2) is 0 Å². The van der Waals surface area contributed by atoms with Crippen LogP contribution in [0.15, 0.2) is 0 Å². The van der Waals surface area contributed by atoms with Gasteiger partial charge in [0.25, 0.3) is 0 Å². The molecule has 1 unspecified atom stereocenters. The number of hydrogen-bond acceptors (Lipinski definition) is 3. The summed E-state index contributed by atoms with van der Waals surface area (Å²) >= 11 is 0. The van der Waals surface area contributed by atoms with E-state index in [-0.39, 0.29) is 13.1 Å². The molecular formula is C9H15F3N2O2. The van der Waals surface area contributed by atoms with E-state index in [1.165, 1.54) is 4.90 Å². The summed E-state index contributed by atoms with van der Waals surface area (Å²) in [5.41, 5.74) is 0. The Balaban J connectivity index is 2.37. The average Bonchev–Trinajstić information content (AvgIpc) is 2.15. The maximum Gasteiger partial charge on any atom is 0.401 e. The van der Waals surface area contributed by atoms with Crippen LogP contribution in [0.3, 0.4) is 0 Å². The summed E-state index contributed by atoms with van der Waals surface area (Å²) in [6.07, 6.45) is -4.18. The normalized spacial score (nSPS) is 22.0. The van der Waals surface area contributed by atoms with Crippen molar-refractivity contribution in [1.29, 1.82) is 0 Å². The highest BCUT2D eigenvalue weighted by molar-refractivity contribution is 5.72. The van der Waals surface area contributed by atoms with Crippen LogP contribution < -0.4 is 0 Å². The molecule has 1 N–H and O–H groups in total. The zero-order valence-electron chi connectivity index (χ0n) is 9.00. The third-order valence-electron chi connectivity index (χ3n) is 2.71. The van der Waals surface area contributed by atoms with Gasteiger partial charge in [-0.15, -0.1) is 0 Å². The number of alkyl halides is 3. The maximum absolute atomic E-state index is 12.1. The van der Waals surface area contributed by atoms with Crippen molar-refractivity contribution in [3.8, 4) is 0 Å². The number of rotatable bonds is 3. The fourth-order valence-electron chi connectivity index (χ4n) is 1.72. The average molecular weight is 240 g/mol. The van der Waals surface area contributed by atoms with E-state index in [0.717, 1.165) is 0 Å². The van der Waals surface area contributed by atoms with Crippen LogP contribution in [-0.2, 0) is 4.79 Å². The second-order valence-corrected chi connectivity index (χ2v) is 3.94. The number of carbonyl (C=O) groups is 1. The Morgan fingerprint density at radius 2 is 1.81 bits per heavy atom. The molecule has 1 aliphatic heterocycles. The summed E-state index contributed by atoms with van der Waals surface area (Å²) in [4.78, 5) is 13.6. The molecule has 0 aromatic carbocycles. The molecule has 0 saturated carbocycles. The zero-order chi connectivity index (χ0) is 12.3. The Morgan fingerprint density at radius 1 is 1.31 bits per heavy atom. The lowest BCUT2D eigenvalue weighted by atomic mass is 10.2. The molecule has 1 aliphatic rings. The molecule has 1 heterocycles. The van der Waals surface area contributed by atoms with Crippen LogP contribution in [0.5, 0.6) is 0 Å². The van der Waals surface area contributed by atoms with Crippen molar-refractivity contribution >= 4 is 5.97 Å². The Morgan fingerprint density at radius 3 is 2.19 bits per heavy atom. The molecule has 0 radical (unpaired) electrons. The van der Waals surface area contributed by atoms with E-state index in [2.05, 4.69) is 0 Å². The molecule has 0 amide bonds. The van der Waals surface area contributed by atoms with Crippen molar-refractivity contribution in [2.24, 2.45) is 0 Å². The summed E-state index contributed by atoms with van der Waals surface area (Å²) in [6.45, 7) is 1.88. The second kappa shape index (κ2) is 5.01. The maximum atomic E-state index is 12.1. The lowest BCUT2D eigenvalue weighted by Crippen LogP contribution is -2.53. The smallest absolute Gasteiger partial charge is 0.401 e. The number of nitrogens with zero attached hydrogens (tertiary/aromatic N) is 2. The molecule has 16 heavy (non-hydrogen) atoms. The van der Waals surface area contributed by atoms with Gasteiger partial charge in [0.1, 0.15) is 6.04 Å². The van der Waals surface area contributed by atoms with Gasteiger partial charge in [-0.3, -0.25) is 14.6 Å². The third-order valence-corrected chi connectivity index (χ3v) is 2.71. The summed E-state index contributed by atoms with van der Waals surface area (Å²) in [5.74, 6) is -0.940. The van der Waals surface area contributed by atoms with E-state index in [1.807, 2.05) is 0 Å². The number of piperazine rings is 1. The van der Waals surface area contributed by atoms with Crippen LogP contribution in [0.4, 0.5) is 13.2 Å². The first-order valence-corrected chi connectivity index (χ1v) is 5.05. The predicted molar refractivity (Wildman–Crippen MR) is 51.2 cm³/mol. The first kappa shape index (κ1) is 13.2. The molecular weight excluding hydrogens is 225 g/mol. The van der Waals surface area contributed by atoms with E-state index < -0.39 is 24.7 Å². The molecule has 0 bridgehead atoms. The molecule has 1 saturated heterocycles. The fourth-order valence-corrected chi connectivity index (χ4v) is 1.72. The summed E-state index contributed by atoms with van der Waals surface area (Å²) in [5, 5.41) is 8.75. The van der Waals surface area contributed by atoms with Gasteiger partial charge < -0.3 is 5.11 Å². The van der Waals surface area contributed by atoms with Crippen molar-refractivity contribution < 1.29 is 23.1 Å². The third kappa shape index (κ3) is 3.97. The quantitative estimate of drug-likeness (QED) is 0.786. The molecule has 0 aliphatic carbocycles. The molecule has 7 heteroatoms. The van der Waals surface area contributed by atoms with Crippen LogP contribution >= 0.6 is 0 Å². The summed E-state index contributed by atoms with van der Waals surface area (Å²) in [6, 6.07) is -0.631. The highest BCUT2D eigenvalue weighted by atomic mass is 19.4. The minimum Gasteiger partial charge on any atom is -0.480 e. The highest BCUT2D eigenvalue weighted by Crippen LogP contribution is 2.17. The Bertz CT molecular complexity index is 250. The van der Waals surface area contributed by atoms with Crippen molar-refractivity contribution in [1.82, 2.24) is 9.80 Å². The second-order valence-electron chi connectivity index (χ2n) is 3.94. The standard InChI is InChI=1S/C9H15F3N2O2/c1-7(8(15)16)14-4-2-13(3-5-14)6-9(10,11)12/h7H,2-6H2,1H3,(H,15,16). The van der Waals surface area contributed by atoms with Crippen molar-refractivity contribution in [3.05, 3.63) is 0 Å². The van der Waals surface area contributed by atoms with Gasteiger partial charge in [0.05, 0.1) is 6.54 Å². The van der Waals surface area contributed by atoms with Gasteiger partial charge in [-0.1, -0.05) is 0 Å². The number of hydrogen-bond donors (Lipinski definition) is 1. The van der Waals surface area contributed by atoms with E-state index in [1.54, 1.807) is 11.8 Å². The zero-order valence-corrected chi connectivity index (χ0v) is 9.00. The lowest BCUT2D eigenvalue weighted by Gasteiger charge is -2.36. The summed E-state index contributed by atoms with van der Waals surface area (Å²) in [7, 11) is 0. The first-order chi connectivity index (χ1) is 7.29. The van der Waals surface area contributed by atoms with Gasteiger partial charge >= 0.3 is 12.1 Å². The van der Waals surface area contributed by atoms with E-state index in [4.69, 9.17) is 5.11 Å². The highest BCUT2D eigenvalue weighted by Gasteiger charge is 2.33. The predicted octanol–water partition coefficient (Wildman–Crippen LogP) is 0.639. The largest absolute Gasteiger partial charge is 0.480 e. The molecule has 0 spiro atoms. The molecule has 0 aromatic heterocycles. The minimum absolute atomic E-state index is 0.261. The van der Waals surface area contributed by atoms with E-state index in [0.29, 0.717) is 13.1 Å². The van der Waals surface area contributed by atoms with Gasteiger partial charge in [0.2, 0.25) is 0 Å². The SMILES string of the molecule is CC(C(=O)O)N1CCN(CC(F)(F)F)CC1. The van der Waals surface area contributed by atoms with E-state index >= 15 is 0 Å². The minimum atomic E-state index is -4.18. The van der Waals surface area contributed by atoms with Crippen molar-refractivity contribution in [2.75, 3.05) is 32.7 Å². The van der Waals surface area contributed by atoms with Crippen molar-refractivity contribution in [3.63, 3.8) is 0 Å². The fraction of sp³-hybridized carbons (Fsp3) is 0.889. The monoisotopic (exact) mass is 240 g/mol. The number of aliphatic carboxylic acids is 1. The van der Waals surface area contributed by atoms with Crippen LogP contribution in [-0.4, -0.2) is 65.8 Å².